The molecule has 28 heavy (non-hydrogen) atoms. The summed E-state index contributed by atoms with van der Waals surface area (Å²) >= 11 is 0. The van der Waals surface area contributed by atoms with Gasteiger partial charge in [-0.15, -0.1) is 0 Å². The molecule has 0 aromatic heterocycles. The van der Waals surface area contributed by atoms with E-state index in [0.717, 1.165) is 0 Å². The molecule has 0 aliphatic heterocycles. The van der Waals surface area contributed by atoms with Crippen molar-refractivity contribution in [3.05, 3.63) is 71.8 Å². The van der Waals surface area contributed by atoms with E-state index in [-0.39, 0.29) is 24.4 Å². The first kappa shape index (κ1) is 21.6. The summed E-state index contributed by atoms with van der Waals surface area (Å²) in [6.45, 7) is 4.62. The molecule has 0 N–H and O–H groups in total. The zero-order valence-electron chi connectivity index (χ0n) is 16.4. The second-order valence-electron chi connectivity index (χ2n) is 6.16. The normalized spacial score (nSPS) is 12.5. The maximum atomic E-state index is 12.4. The Labute approximate surface area is 166 Å². The molecule has 0 amide bonds. The van der Waals surface area contributed by atoms with E-state index in [1.54, 1.807) is 24.3 Å². The van der Waals surface area contributed by atoms with E-state index in [4.69, 9.17) is 9.47 Å². The number of benzene rings is 2. The molecule has 2 aromatic carbocycles. The number of hydrogen-bond acceptors (Lipinski definition) is 4. The summed E-state index contributed by atoms with van der Waals surface area (Å²) in [7, 11) is 0. The van der Waals surface area contributed by atoms with Gasteiger partial charge in [-0.25, -0.2) is 0 Å². The van der Waals surface area contributed by atoms with E-state index in [9.17, 15) is 9.59 Å². The second kappa shape index (κ2) is 11.9. The third-order valence-corrected chi connectivity index (χ3v) is 4.07. The van der Waals surface area contributed by atoms with Crippen molar-refractivity contribution in [2.24, 2.45) is 0 Å². The Bertz CT molecular complexity index is 735. The molecular weight excluding hydrogens is 352 g/mol. The maximum Gasteiger partial charge on any atom is 0.166 e. The fourth-order valence-electron chi connectivity index (χ4n) is 2.71. The third kappa shape index (κ3) is 7.11. The monoisotopic (exact) mass is 378 g/mol. The van der Waals surface area contributed by atoms with Crippen LogP contribution in [0.5, 0.6) is 0 Å². The zero-order valence-corrected chi connectivity index (χ0v) is 16.4. The number of rotatable bonds is 10. The Morgan fingerprint density at radius 1 is 0.714 bits per heavy atom. The predicted octanol–water partition coefficient (Wildman–Crippen LogP) is 4.35. The molecule has 0 saturated heterocycles. The lowest BCUT2D eigenvalue weighted by molar-refractivity contribution is 0.0713. The van der Waals surface area contributed by atoms with Crippen LogP contribution in [0.2, 0.25) is 0 Å². The highest BCUT2D eigenvalue weighted by atomic mass is 16.5. The fourth-order valence-corrected chi connectivity index (χ4v) is 2.71. The first-order valence-electron chi connectivity index (χ1n) is 9.54. The van der Waals surface area contributed by atoms with Crippen LogP contribution in [0.3, 0.4) is 0 Å². The number of hydrogen-bond donors (Lipinski definition) is 0. The Morgan fingerprint density at radius 2 is 1.07 bits per heavy atom. The van der Waals surface area contributed by atoms with Crippen molar-refractivity contribution in [3.8, 4) is 11.8 Å². The minimum absolute atomic E-state index is 0.0262. The molecule has 0 radical (unpaired) electrons. The summed E-state index contributed by atoms with van der Waals surface area (Å²) in [6.07, 6.45) is -0.743. The van der Waals surface area contributed by atoms with E-state index in [1.807, 2.05) is 50.2 Å². The molecule has 0 heterocycles. The van der Waals surface area contributed by atoms with Crippen LogP contribution in [0.25, 0.3) is 0 Å². The molecule has 0 saturated carbocycles. The van der Waals surface area contributed by atoms with Crippen molar-refractivity contribution in [1.29, 1.82) is 0 Å². The van der Waals surface area contributed by atoms with E-state index in [1.165, 1.54) is 0 Å². The van der Waals surface area contributed by atoms with Gasteiger partial charge in [-0.2, -0.15) is 0 Å². The van der Waals surface area contributed by atoms with Gasteiger partial charge in [0.1, 0.15) is 12.2 Å². The van der Waals surface area contributed by atoms with Gasteiger partial charge in [-0.05, 0) is 13.8 Å². The summed E-state index contributed by atoms with van der Waals surface area (Å²) in [5.41, 5.74) is 1.27. The van der Waals surface area contributed by atoms with Gasteiger partial charge in [0.25, 0.3) is 0 Å². The summed E-state index contributed by atoms with van der Waals surface area (Å²) in [5.74, 6) is 5.93. The average Bonchev–Trinajstić information content (AvgIpc) is 2.73. The topological polar surface area (TPSA) is 52.6 Å². The highest BCUT2D eigenvalue weighted by molar-refractivity contribution is 5.97. The van der Waals surface area contributed by atoms with Crippen molar-refractivity contribution < 1.29 is 19.1 Å². The first-order chi connectivity index (χ1) is 13.6. The van der Waals surface area contributed by atoms with Gasteiger partial charge in [0.2, 0.25) is 0 Å². The lowest BCUT2D eigenvalue weighted by Crippen LogP contribution is -2.19. The van der Waals surface area contributed by atoms with Gasteiger partial charge in [0.05, 0.1) is 0 Å². The van der Waals surface area contributed by atoms with Crippen LogP contribution in [-0.2, 0) is 9.47 Å². The molecule has 4 nitrogen and oxygen atoms in total. The Kier molecular flexibility index (Phi) is 9.14. The Morgan fingerprint density at radius 3 is 1.39 bits per heavy atom. The SMILES string of the molecule is CCOC(C#CC(CC(=O)c1ccccc1)OCC)CC(=O)c1ccccc1. The summed E-state index contributed by atoms with van der Waals surface area (Å²) in [6, 6.07) is 18.2. The van der Waals surface area contributed by atoms with Crippen molar-refractivity contribution in [1.82, 2.24) is 0 Å². The molecule has 0 spiro atoms. The molecular formula is C24H26O4. The van der Waals surface area contributed by atoms with Crippen LogP contribution < -0.4 is 0 Å². The van der Waals surface area contributed by atoms with Gasteiger partial charge in [-0.3, -0.25) is 9.59 Å². The standard InChI is InChI=1S/C24H26O4/c1-3-27-21(17-23(25)19-11-7-5-8-12-19)15-16-22(28-4-2)18-24(26)20-13-9-6-10-14-20/h5-14,21-22H,3-4,17-18H2,1-2H3. The fraction of sp³-hybridized carbons (Fsp3) is 0.333. The molecule has 0 bridgehead atoms. The molecule has 2 rings (SSSR count). The Hall–Kier alpha value is -2.74. The summed E-state index contributed by atoms with van der Waals surface area (Å²) in [4.78, 5) is 24.9. The van der Waals surface area contributed by atoms with Gasteiger partial charge in [0, 0.05) is 37.2 Å². The maximum absolute atomic E-state index is 12.4. The lowest BCUT2D eigenvalue weighted by Gasteiger charge is -2.13. The van der Waals surface area contributed by atoms with E-state index < -0.39 is 12.2 Å². The third-order valence-electron chi connectivity index (χ3n) is 4.07. The molecule has 2 atom stereocenters. The van der Waals surface area contributed by atoms with Crippen molar-refractivity contribution in [2.75, 3.05) is 13.2 Å². The number of ether oxygens (including phenoxy) is 2. The van der Waals surface area contributed by atoms with Crippen LogP contribution >= 0.6 is 0 Å². The molecule has 0 fully saturated rings. The minimum Gasteiger partial charge on any atom is -0.365 e. The van der Waals surface area contributed by atoms with Gasteiger partial charge in [-0.1, -0.05) is 72.5 Å². The smallest absolute Gasteiger partial charge is 0.166 e. The molecule has 0 aliphatic carbocycles. The predicted molar refractivity (Wildman–Crippen MR) is 109 cm³/mol. The lowest BCUT2D eigenvalue weighted by atomic mass is 10.0. The van der Waals surface area contributed by atoms with E-state index >= 15 is 0 Å². The van der Waals surface area contributed by atoms with Crippen LogP contribution in [0, 0.1) is 11.8 Å². The minimum atomic E-state index is -0.535. The van der Waals surface area contributed by atoms with Gasteiger partial charge in [0.15, 0.2) is 11.6 Å². The number of Topliss-reactive ketones (excluding diaryl/α,β-unsaturated/α-hetero) is 2. The van der Waals surface area contributed by atoms with Crippen LogP contribution in [-0.4, -0.2) is 37.0 Å². The number of carbonyl (C=O) groups excluding carboxylic acids is 2. The van der Waals surface area contributed by atoms with Gasteiger partial charge >= 0.3 is 0 Å². The second-order valence-corrected chi connectivity index (χ2v) is 6.16. The first-order valence-corrected chi connectivity index (χ1v) is 9.54. The van der Waals surface area contributed by atoms with Crippen molar-refractivity contribution >= 4 is 11.6 Å². The van der Waals surface area contributed by atoms with Crippen LogP contribution in [0.1, 0.15) is 47.4 Å². The quantitative estimate of drug-likeness (QED) is 0.456. The van der Waals surface area contributed by atoms with Crippen LogP contribution in [0.15, 0.2) is 60.7 Å². The largest absolute Gasteiger partial charge is 0.365 e. The highest BCUT2D eigenvalue weighted by Crippen LogP contribution is 2.10. The Balaban J connectivity index is 2.06. The number of ketones is 2. The molecule has 2 aromatic rings. The number of carbonyl (C=O) groups is 2. The zero-order chi connectivity index (χ0) is 20.2. The van der Waals surface area contributed by atoms with Crippen LogP contribution in [0.4, 0.5) is 0 Å². The van der Waals surface area contributed by atoms with E-state index in [0.29, 0.717) is 24.3 Å². The van der Waals surface area contributed by atoms with Crippen molar-refractivity contribution in [2.45, 2.75) is 38.9 Å². The summed E-state index contributed by atoms with van der Waals surface area (Å²) in [5, 5.41) is 0. The van der Waals surface area contributed by atoms with Gasteiger partial charge < -0.3 is 9.47 Å². The highest BCUT2D eigenvalue weighted by Gasteiger charge is 2.16. The average molecular weight is 378 g/mol. The summed E-state index contributed by atoms with van der Waals surface area (Å²) < 4.78 is 11.2. The molecule has 4 heteroatoms. The van der Waals surface area contributed by atoms with Crippen molar-refractivity contribution in [3.63, 3.8) is 0 Å². The van der Waals surface area contributed by atoms with E-state index in [2.05, 4.69) is 11.8 Å². The molecule has 2 unspecified atom stereocenters. The molecule has 0 aliphatic rings. The molecule has 146 valence electrons.